The van der Waals surface area contributed by atoms with Gasteiger partial charge in [0.2, 0.25) is 0 Å². The van der Waals surface area contributed by atoms with E-state index in [1.807, 2.05) is 18.2 Å². The summed E-state index contributed by atoms with van der Waals surface area (Å²) in [5, 5.41) is 18.1. The van der Waals surface area contributed by atoms with E-state index in [0.717, 1.165) is 42.8 Å². The second-order valence-corrected chi connectivity index (χ2v) is 5.67. The first-order valence-electron chi connectivity index (χ1n) is 7.25. The summed E-state index contributed by atoms with van der Waals surface area (Å²) in [6, 6.07) is 5.82. The van der Waals surface area contributed by atoms with Gasteiger partial charge in [0.1, 0.15) is 12.4 Å². The Bertz CT molecular complexity index is 527. The summed E-state index contributed by atoms with van der Waals surface area (Å²) in [6.45, 7) is 1.63. The average molecular weight is 289 g/mol. The van der Waals surface area contributed by atoms with E-state index in [4.69, 9.17) is 9.84 Å². The maximum absolute atomic E-state index is 9.35. The van der Waals surface area contributed by atoms with Crippen LogP contribution in [-0.2, 0) is 6.54 Å². The Morgan fingerprint density at radius 3 is 2.76 bits per heavy atom. The molecule has 0 radical (unpaired) electrons. The Morgan fingerprint density at radius 2 is 2.14 bits per heavy atom. The molecule has 0 aliphatic heterocycles. The molecule has 1 aromatic carbocycles. The summed E-state index contributed by atoms with van der Waals surface area (Å²) >= 11 is 0. The summed E-state index contributed by atoms with van der Waals surface area (Å²) < 4.78 is 5.40. The number of ether oxygens (including phenoxy) is 1. The van der Waals surface area contributed by atoms with E-state index in [-0.39, 0.29) is 12.7 Å². The fourth-order valence-corrected chi connectivity index (χ4v) is 2.77. The van der Waals surface area contributed by atoms with Crippen LogP contribution in [0.5, 0.6) is 5.75 Å². The fraction of sp³-hybridized carbons (Fsp3) is 0.529. The Kier molecular flexibility index (Phi) is 5.63. The number of hydrogen-bond acceptors (Lipinski definition) is 4. The molecule has 1 fully saturated rings. The summed E-state index contributed by atoms with van der Waals surface area (Å²) in [4.78, 5) is 2.25. The number of hydrogen-bond donors (Lipinski definition) is 2. The van der Waals surface area contributed by atoms with E-state index >= 15 is 0 Å². The van der Waals surface area contributed by atoms with Crippen LogP contribution in [0.3, 0.4) is 0 Å². The number of aliphatic hydroxyl groups is 2. The molecule has 4 heteroatoms. The highest BCUT2D eigenvalue weighted by atomic mass is 16.5. The van der Waals surface area contributed by atoms with Crippen molar-refractivity contribution in [1.82, 2.24) is 4.90 Å². The lowest BCUT2D eigenvalue weighted by molar-refractivity contribution is 0.0273. The summed E-state index contributed by atoms with van der Waals surface area (Å²) in [5.41, 5.74) is 1.97. The van der Waals surface area contributed by atoms with Gasteiger partial charge in [-0.05, 0) is 44.0 Å². The quantitative estimate of drug-likeness (QED) is 0.801. The summed E-state index contributed by atoms with van der Waals surface area (Å²) in [7, 11) is 3.75. The SMILES string of the molecule is COc1ccc(C#CCO)cc1CN(C)CC1CC(O)C1. The molecule has 0 heterocycles. The lowest BCUT2D eigenvalue weighted by Crippen LogP contribution is -2.36. The van der Waals surface area contributed by atoms with Crippen LogP contribution in [0.25, 0.3) is 0 Å². The van der Waals surface area contributed by atoms with Crippen LogP contribution in [-0.4, -0.2) is 48.5 Å². The molecule has 21 heavy (non-hydrogen) atoms. The van der Waals surface area contributed by atoms with Gasteiger partial charge in [0.05, 0.1) is 13.2 Å². The van der Waals surface area contributed by atoms with E-state index in [2.05, 4.69) is 23.8 Å². The van der Waals surface area contributed by atoms with Crippen molar-refractivity contribution >= 4 is 0 Å². The molecule has 1 aromatic rings. The average Bonchev–Trinajstić information content (AvgIpc) is 2.43. The third kappa shape index (κ3) is 4.47. The van der Waals surface area contributed by atoms with Crippen LogP contribution in [0.1, 0.15) is 24.0 Å². The Balaban J connectivity index is 2.02. The molecule has 114 valence electrons. The number of methoxy groups -OCH3 is 1. The van der Waals surface area contributed by atoms with Gasteiger partial charge in [-0.2, -0.15) is 0 Å². The van der Waals surface area contributed by atoms with Crippen LogP contribution >= 0.6 is 0 Å². The van der Waals surface area contributed by atoms with Gasteiger partial charge in [-0.15, -0.1) is 0 Å². The first-order valence-corrected chi connectivity index (χ1v) is 7.25. The first-order chi connectivity index (χ1) is 10.1. The second kappa shape index (κ2) is 7.46. The first kappa shape index (κ1) is 15.8. The lowest BCUT2D eigenvalue weighted by Gasteiger charge is -2.34. The van der Waals surface area contributed by atoms with Gasteiger partial charge in [-0.1, -0.05) is 11.8 Å². The van der Waals surface area contributed by atoms with Gasteiger partial charge in [0.15, 0.2) is 0 Å². The molecule has 1 saturated carbocycles. The lowest BCUT2D eigenvalue weighted by atomic mass is 9.82. The molecule has 1 aliphatic rings. The standard InChI is InChI=1S/C17H23NO3/c1-18(11-14-9-16(20)10-14)12-15-8-13(4-3-7-19)5-6-17(15)21-2/h5-6,8,14,16,19-20H,7,9-12H2,1-2H3. The molecule has 1 aliphatic carbocycles. The van der Waals surface area contributed by atoms with E-state index in [9.17, 15) is 5.11 Å². The maximum atomic E-state index is 9.35. The van der Waals surface area contributed by atoms with E-state index in [1.165, 1.54) is 0 Å². The monoisotopic (exact) mass is 289 g/mol. The van der Waals surface area contributed by atoms with E-state index < -0.39 is 0 Å². The fourth-order valence-electron chi connectivity index (χ4n) is 2.77. The summed E-state index contributed by atoms with van der Waals surface area (Å²) in [6.07, 6.45) is 1.71. The van der Waals surface area contributed by atoms with Gasteiger partial charge >= 0.3 is 0 Å². The zero-order chi connectivity index (χ0) is 15.2. The zero-order valence-corrected chi connectivity index (χ0v) is 12.7. The molecular weight excluding hydrogens is 266 g/mol. The highest BCUT2D eigenvalue weighted by Gasteiger charge is 2.27. The molecule has 2 N–H and O–H groups in total. The highest BCUT2D eigenvalue weighted by Crippen LogP contribution is 2.28. The third-order valence-corrected chi connectivity index (χ3v) is 3.81. The zero-order valence-electron chi connectivity index (χ0n) is 12.7. The Hall–Kier alpha value is -1.54. The van der Waals surface area contributed by atoms with Crippen molar-refractivity contribution in [1.29, 1.82) is 0 Å². The van der Waals surface area contributed by atoms with Gasteiger partial charge in [0, 0.05) is 24.2 Å². The van der Waals surface area contributed by atoms with Crippen molar-refractivity contribution in [3.8, 4) is 17.6 Å². The maximum Gasteiger partial charge on any atom is 0.123 e. The number of rotatable bonds is 5. The van der Waals surface area contributed by atoms with Crippen LogP contribution in [0.15, 0.2) is 18.2 Å². The normalized spacial score (nSPS) is 20.6. The van der Waals surface area contributed by atoms with Crippen molar-refractivity contribution in [2.45, 2.75) is 25.5 Å². The molecule has 0 saturated heterocycles. The van der Waals surface area contributed by atoms with E-state index in [0.29, 0.717) is 5.92 Å². The van der Waals surface area contributed by atoms with Gasteiger partial charge in [-0.3, -0.25) is 0 Å². The molecule has 2 rings (SSSR count). The number of benzene rings is 1. The van der Waals surface area contributed by atoms with Crippen molar-refractivity contribution < 1.29 is 14.9 Å². The minimum atomic E-state index is -0.134. The topological polar surface area (TPSA) is 52.9 Å². The number of nitrogens with zero attached hydrogens (tertiary/aromatic N) is 1. The van der Waals surface area contributed by atoms with Crippen LogP contribution in [0.4, 0.5) is 0 Å². The molecule has 4 nitrogen and oxygen atoms in total. The predicted molar refractivity (Wildman–Crippen MR) is 82.0 cm³/mol. The van der Waals surface area contributed by atoms with Crippen LogP contribution in [0.2, 0.25) is 0 Å². The Morgan fingerprint density at radius 1 is 1.38 bits per heavy atom. The molecule has 0 spiro atoms. The van der Waals surface area contributed by atoms with Crippen molar-refractivity contribution in [3.05, 3.63) is 29.3 Å². The predicted octanol–water partition coefficient (Wildman–Crippen LogP) is 1.24. The highest BCUT2D eigenvalue weighted by molar-refractivity contribution is 5.44. The number of aliphatic hydroxyl groups excluding tert-OH is 2. The summed E-state index contributed by atoms with van der Waals surface area (Å²) in [5.74, 6) is 7.03. The van der Waals surface area contributed by atoms with Crippen LogP contribution < -0.4 is 4.74 Å². The largest absolute Gasteiger partial charge is 0.496 e. The van der Waals surface area contributed by atoms with Gasteiger partial charge in [-0.25, -0.2) is 0 Å². The van der Waals surface area contributed by atoms with Gasteiger partial charge in [0.25, 0.3) is 0 Å². The second-order valence-electron chi connectivity index (χ2n) is 5.67. The molecule has 0 bridgehead atoms. The third-order valence-electron chi connectivity index (χ3n) is 3.81. The minimum absolute atomic E-state index is 0.102. The molecular formula is C17H23NO3. The molecule has 0 atom stereocenters. The smallest absolute Gasteiger partial charge is 0.123 e. The van der Waals surface area contributed by atoms with Crippen LogP contribution in [0, 0.1) is 17.8 Å². The Labute approximate surface area is 126 Å². The molecule has 0 unspecified atom stereocenters. The van der Waals surface area contributed by atoms with Crippen molar-refractivity contribution in [3.63, 3.8) is 0 Å². The van der Waals surface area contributed by atoms with Crippen molar-refractivity contribution in [2.75, 3.05) is 27.3 Å². The van der Waals surface area contributed by atoms with Gasteiger partial charge < -0.3 is 19.8 Å². The molecule has 0 amide bonds. The van der Waals surface area contributed by atoms with E-state index in [1.54, 1.807) is 7.11 Å². The van der Waals surface area contributed by atoms with Crippen molar-refractivity contribution in [2.24, 2.45) is 5.92 Å². The minimum Gasteiger partial charge on any atom is -0.496 e. The molecule has 0 aromatic heterocycles.